The van der Waals surface area contributed by atoms with Crippen LogP contribution in [0.2, 0.25) is 0 Å². The first-order valence-corrected chi connectivity index (χ1v) is 10.3. The Labute approximate surface area is 164 Å². The Morgan fingerprint density at radius 2 is 2.19 bits per heavy atom. The third-order valence-corrected chi connectivity index (χ3v) is 6.18. The number of benzene rings is 1. The zero-order valence-electron chi connectivity index (χ0n) is 15.6. The van der Waals surface area contributed by atoms with Gasteiger partial charge < -0.3 is 9.84 Å². The van der Waals surface area contributed by atoms with Crippen molar-refractivity contribution in [3.05, 3.63) is 64.1 Å². The molecule has 1 aromatic carbocycles. The number of fused-ring (bicyclic) bond motifs is 1. The number of thiophene rings is 1. The number of aliphatic hydroxyl groups is 1. The molecule has 2 aromatic rings. The van der Waals surface area contributed by atoms with Gasteiger partial charge in [-0.25, -0.2) is 0 Å². The smallest absolute Gasteiger partial charge is 0.0975 e. The summed E-state index contributed by atoms with van der Waals surface area (Å²) in [5, 5.41) is 21.8. The molecule has 0 saturated heterocycles. The molecule has 0 amide bonds. The molecule has 138 valence electrons. The molecular formula is C23H23NO2S. The monoisotopic (exact) mass is 377 g/mol. The normalized spacial score (nSPS) is 21.6. The van der Waals surface area contributed by atoms with Gasteiger partial charge in [-0.2, -0.15) is 5.26 Å². The van der Waals surface area contributed by atoms with Gasteiger partial charge in [0.15, 0.2) is 0 Å². The number of hydrogen-bond acceptors (Lipinski definition) is 4. The van der Waals surface area contributed by atoms with Gasteiger partial charge in [-0.15, -0.1) is 11.3 Å². The lowest BCUT2D eigenvalue weighted by Crippen LogP contribution is -2.21. The van der Waals surface area contributed by atoms with Gasteiger partial charge in [0, 0.05) is 4.88 Å². The van der Waals surface area contributed by atoms with Crippen molar-refractivity contribution in [1.29, 1.82) is 5.26 Å². The molecule has 1 unspecified atom stereocenters. The van der Waals surface area contributed by atoms with Crippen molar-refractivity contribution in [3.63, 3.8) is 0 Å². The van der Waals surface area contributed by atoms with Crippen LogP contribution in [-0.4, -0.2) is 17.3 Å². The number of allylic oxidation sites excluding steroid dienone is 2. The van der Waals surface area contributed by atoms with Crippen LogP contribution in [0.25, 0.3) is 16.0 Å². The largest absolute Gasteiger partial charge is 0.388 e. The minimum Gasteiger partial charge on any atom is -0.388 e. The molecule has 4 heteroatoms. The second-order valence-electron chi connectivity index (χ2n) is 7.41. The number of nitriles is 1. The summed E-state index contributed by atoms with van der Waals surface area (Å²) in [6.45, 7) is 3.99. The number of ether oxygens (including phenoxy) is 1. The quantitative estimate of drug-likeness (QED) is 0.773. The highest BCUT2D eigenvalue weighted by Gasteiger charge is 2.24. The lowest BCUT2D eigenvalue weighted by molar-refractivity contribution is 0.0327. The molecule has 0 aliphatic heterocycles. The fourth-order valence-electron chi connectivity index (χ4n) is 3.94. The number of rotatable bonds is 4. The van der Waals surface area contributed by atoms with Crippen molar-refractivity contribution in [2.45, 2.75) is 51.4 Å². The molecule has 0 bridgehead atoms. The Morgan fingerprint density at radius 3 is 2.96 bits per heavy atom. The van der Waals surface area contributed by atoms with E-state index in [1.54, 1.807) is 11.3 Å². The summed E-state index contributed by atoms with van der Waals surface area (Å²) in [5.74, 6) is 0. The molecule has 3 nitrogen and oxygen atoms in total. The van der Waals surface area contributed by atoms with Crippen LogP contribution < -0.4 is 0 Å². The van der Waals surface area contributed by atoms with Crippen molar-refractivity contribution in [2.24, 2.45) is 0 Å². The second-order valence-corrected chi connectivity index (χ2v) is 8.32. The van der Waals surface area contributed by atoms with Gasteiger partial charge in [-0.3, -0.25) is 0 Å². The summed E-state index contributed by atoms with van der Waals surface area (Å²) in [5.41, 5.74) is 6.49. The van der Waals surface area contributed by atoms with Crippen molar-refractivity contribution >= 4 is 16.9 Å². The molecule has 2 aliphatic rings. The van der Waals surface area contributed by atoms with Gasteiger partial charge in [-0.1, -0.05) is 24.3 Å². The first kappa shape index (κ1) is 18.2. The summed E-state index contributed by atoms with van der Waals surface area (Å²) in [7, 11) is 0. The lowest BCUT2D eigenvalue weighted by Gasteiger charge is -2.22. The molecule has 0 saturated carbocycles. The van der Waals surface area contributed by atoms with Crippen molar-refractivity contribution in [1.82, 2.24) is 0 Å². The molecule has 0 spiro atoms. The summed E-state index contributed by atoms with van der Waals surface area (Å²) < 4.78 is 5.86. The zero-order chi connectivity index (χ0) is 19.0. The van der Waals surface area contributed by atoms with Gasteiger partial charge in [0.05, 0.1) is 30.0 Å². The third kappa shape index (κ3) is 3.51. The van der Waals surface area contributed by atoms with Crippen molar-refractivity contribution < 1.29 is 9.84 Å². The molecule has 2 aliphatic carbocycles. The molecule has 0 radical (unpaired) electrons. The Kier molecular flexibility index (Phi) is 5.01. The Balaban J connectivity index is 1.62. The number of aliphatic hydroxyl groups excluding tert-OH is 1. The third-order valence-electron chi connectivity index (χ3n) is 5.21. The Morgan fingerprint density at radius 1 is 1.33 bits per heavy atom. The number of nitrogens with zero attached hydrogens (tertiary/aromatic N) is 1. The van der Waals surface area contributed by atoms with Crippen LogP contribution in [0.4, 0.5) is 0 Å². The van der Waals surface area contributed by atoms with E-state index < -0.39 is 0 Å². The van der Waals surface area contributed by atoms with Crippen LogP contribution >= 0.6 is 11.3 Å². The maximum absolute atomic E-state index is 10.1. The maximum Gasteiger partial charge on any atom is 0.0975 e. The van der Waals surface area contributed by atoms with Crippen LogP contribution in [-0.2, 0) is 11.2 Å². The van der Waals surface area contributed by atoms with Gasteiger partial charge in [0.25, 0.3) is 0 Å². The van der Waals surface area contributed by atoms with E-state index in [4.69, 9.17) is 4.74 Å². The minimum atomic E-state index is -0.334. The summed E-state index contributed by atoms with van der Waals surface area (Å²) in [6.07, 6.45) is 6.21. The average molecular weight is 378 g/mol. The minimum absolute atomic E-state index is 0.102. The van der Waals surface area contributed by atoms with Crippen LogP contribution in [0.3, 0.4) is 0 Å². The van der Waals surface area contributed by atoms with E-state index in [0.717, 1.165) is 36.0 Å². The topological polar surface area (TPSA) is 53.2 Å². The molecule has 0 fully saturated rings. The highest BCUT2D eigenvalue weighted by molar-refractivity contribution is 7.13. The molecule has 2 atom stereocenters. The first-order chi connectivity index (χ1) is 13.1. The van der Waals surface area contributed by atoms with E-state index >= 15 is 0 Å². The first-order valence-electron chi connectivity index (χ1n) is 9.43. The summed E-state index contributed by atoms with van der Waals surface area (Å²) in [4.78, 5) is 1.21. The summed E-state index contributed by atoms with van der Waals surface area (Å²) in [6, 6.07) is 10.7. The highest BCUT2D eigenvalue weighted by Crippen LogP contribution is 2.41. The van der Waals surface area contributed by atoms with Gasteiger partial charge in [0.2, 0.25) is 0 Å². The van der Waals surface area contributed by atoms with Gasteiger partial charge >= 0.3 is 0 Å². The predicted molar refractivity (Wildman–Crippen MR) is 109 cm³/mol. The van der Waals surface area contributed by atoms with Crippen LogP contribution in [0, 0.1) is 11.3 Å². The second kappa shape index (κ2) is 7.44. The fourth-order valence-corrected chi connectivity index (χ4v) is 4.91. The Bertz CT molecular complexity index is 961. The molecule has 1 N–H and O–H groups in total. The molecular weight excluding hydrogens is 354 g/mol. The van der Waals surface area contributed by atoms with E-state index in [-0.39, 0.29) is 18.3 Å². The Hall–Kier alpha value is -2.19. The van der Waals surface area contributed by atoms with Crippen LogP contribution in [0.1, 0.15) is 49.5 Å². The highest BCUT2D eigenvalue weighted by atomic mass is 32.1. The zero-order valence-corrected chi connectivity index (χ0v) is 16.4. The van der Waals surface area contributed by atoms with Crippen molar-refractivity contribution in [3.8, 4) is 16.5 Å². The van der Waals surface area contributed by atoms with E-state index in [1.165, 1.54) is 16.0 Å². The molecule has 27 heavy (non-hydrogen) atoms. The van der Waals surface area contributed by atoms with E-state index in [1.807, 2.05) is 32.1 Å². The fraction of sp³-hybridized carbons (Fsp3) is 0.348. The molecule has 1 heterocycles. The number of hydrogen-bond donors (Lipinski definition) is 1. The predicted octanol–water partition coefficient (Wildman–Crippen LogP) is 5.43. The standard InChI is InChI=1S/C23H23NO2S/c1-14(2)26-22-9-6-15(10-16(22)12-24)17-11-23(27-13-17)20-5-3-4-19-18(20)7-8-21(19)25/h3-6,10-11,13-14,21-22,25H,7-9H2,1-2H3/t21-,22?/m1/s1. The summed E-state index contributed by atoms with van der Waals surface area (Å²) >= 11 is 1.72. The lowest BCUT2D eigenvalue weighted by atomic mass is 9.93. The van der Waals surface area contributed by atoms with E-state index in [0.29, 0.717) is 5.57 Å². The van der Waals surface area contributed by atoms with Crippen molar-refractivity contribution in [2.75, 3.05) is 0 Å². The molecule has 1 aromatic heterocycles. The van der Waals surface area contributed by atoms with Gasteiger partial charge in [0.1, 0.15) is 0 Å². The van der Waals surface area contributed by atoms with Gasteiger partial charge in [-0.05, 0) is 78.5 Å². The molecule has 4 rings (SSSR count). The van der Waals surface area contributed by atoms with E-state index in [2.05, 4.69) is 29.7 Å². The average Bonchev–Trinajstić information content (AvgIpc) is 3.29. The van der Waals surface area contributed by atoms with Crippen LogP contribution in [0.15, 0.2) is 47.4 Å². The maximum atomic E-state index is 10.1. The van der Waals surface area contributed by atoms with Crippen LogP contribution in [0.5, 0.6) is 0 Å². The van der Waals surface area contributed by atoms with E-state index in [9.17, 15) is 10.4 Å². The SMILES string of the molecule is CC(C)OC1CC=C(c2csc(-c3cccc4c3CC[C@H]4O)c2)C=C1C#N.